The van der Waals surface area contributed by atoms with Gasteiger partial charge in [0.15, 0.2) is 13.1 Å². The summed E-state index contributed by atoms with van der Waals surface area (Å²) in [7, 11) is 1.77. The van der Waals surface area contributed by atoms with E-state index in [1.807, 2.05) is 0 Å². The van der Waals surface area contributed by atoms with E-state index in [-0.39, 0.29) is 15.4 Å². The predicted molar refractivity (Wildman–Crippen MR) is 138 cm³/mol. The minimum absolute atomic E-state index is 0.143. The number of hydrogen-bond donors (Lipinski definition) is 0. The summed E-state index contributed by atoms with van der Waals surface area (Å²) in [6.07, 6.45) is 21.8. The van der Waals surface area contributed by atoms with Crippen LogP contribution in [0, 0.1) is 17.7 Å². The minimum Gasteiger partial charge on any atom is -0.467 e. The maximum absolute atomic E-state index is 13.7. The van der Waals surface area contributed by atoms with Crippen LogP contribution in [0.25, 0.3) is 0 Å². The van der Waals surface area contributed by atoms with Gasteiger partial charge in [-0.25, -0.2) is 4.39 Å². The molecule has 0 aliphatic heterocycles. The predicted octanol–water partition coefficient (Wildman–Crippen LogP) is 5.60. The van der Waals surface area contributed by atoms with Gasteiger partial charge in [0.25, 0.3) is 0 Å². The number of carbonyl (C=O) groups excluding carboxylic acids is 1. The zero-order valence-electron chi connectivity index (χ0n) is 19.4. The molecule has 0 saturated carbocycles. The third kappa shape index (κ3) is 6.40. The molecule has 0 spiro atoms. The van der Waals surface area contributed by atoms with Crippen molar-refractivity contribution in [2.45, 2.75) is 25.7 Å². The molecule has 2 aromatic rings. The summed E-state index contributed by atoms with van der Waals surface area (Å²) in [6.45, 7) is 0.143. The highest BCUT2D eigenvalue weighted by molar-refractivity contribution is 7.56. The molecule has 3 nitrogen and oxygen atoms in total. The van der Waals surface area contributed by atoms with Gasteiger partial charge in [0.1, 0.15) is 11.6 Å². The smallest absolute Gasteiger partial charge is 0.188 e. The topological polar surface area (TPSA) is 35.5 Å². The fourth-order valence-corrected chi connectivity index (χ4v) is 5.78. The Bertz CT molecular complexity index is 1130. The SMILES string of the molecule is COCOc1c(CC2C=CC=CC2)cc(CC2C=CC=CC2)cc1Pc1ccc(F)cc1C=O. The van der Waals surface area contributed by atoms with Crippen molar-refractivity contribution in [2.24, 2.45) is 11.8 Å². The quantitative estimate of drug-likeness (QED) is 0.254. The van der Waals surface area contributed by atoms with Crippen LogP contribution >= 0.6 is 8.58 Å². The van der Waals surface area contributed by atoms with E-state index in [1.165, 1.54) is 17.7 Å². The molecule has 176 valence electrons. The van der Waals surface area contributed by atoms with Crippen molar-refractivity contribution >= 4 is 25.5 Å². The Labute approximate surface area is 202 Å². The highest BCUT2D eigenvalue weighted by Crippen LogP contribution is 2.31. The summed E-state index contributed by atoms with van der Waals surface area (Å²) in [5, 5.41) is 1.83. The maximum atomic E-state index is 13.7. The Balaban J connectivity index is 1.74. The van der Waals surface area contributed by atoms with E-state index in [0.29, 0.717) is 17.4 Å². The zero-order valence-corrected chi connectivity index (χ0v) is 20.4. The monoisotopic (exact) mass is 476 g/mol. The number of rotatable bonds is 10. The molecule has 3 unspecified atom stereocenters. The van der Waals surface area contributed by atoms with Crippen LogP contribution in [0.15, 0.2) is 78.9 Å². The number of halogens is 1. The number of hydrogen-bond acceptors (Lipinski definition) is 3. The summed E-state index contributed by atoms with van der Waals surface area (Å²) in [6, 6.07) is 8.87. The third-order valence-corrected chi connectivity index (χ3v) is 7.44. The number of allylic oxidation sites excluding steroid dienone is 8. The largest absolute Gasteiger partial charge is 0.467 e. The molecule has 2 aliphatic rings. The molecule has 4 rings (SSSR count). The Morgan fingerprint density at radius 3 is 2.35 bits per heavy atom. The van der Waals surface area contributed by atoms with E-state index in [9.17, 15) is 9.18 Å². The summed E-state index contributed by atoms with van der Waals surface area (Å²) in [5.74, 6) is 1.26. The van der Waals surface area contributed by atoms with E-state index in [0.717, 1.165) is 53.9 Å². The van der Waals surface area contributed by atoms with Gasteiger partial charge in [-0.2, -0.15) is 0 Å². The van der Waals surface area contributed by atoms with Gasteiger partial charge in [-0.05, 0) is 72.1 Å². The van der Waals surface area contributed by atoms with Crippen LogP contribution in [0.2, 0.25) is 0 Å². The zero-order chi connectivity index (χ0) is 23.8. The van der Waals surface area contributed by atoms with Crippen molar-refractivity contribution < 1.29 is 18.7 Å². The molecule has 0 aromatic heterocycles. The molecule has 0 bridgehead atoms. The van der Waals surface area contributed by atoms with Gasteiger partial charge in [-0.1, -0.05) is 69.3 Å². The Morgan fingerprint density at radius 2 is 1.71 bits per heavy atom. The van der Waals surface area contributed by atoms with Crippen LogP contribution in [-0.2, 0) is 17.6 Å². The lowest BCUT2D eigenvalue weighted by Crippen LogP contribution is -2.17. The Hall–Kier alpha value is -2.81. The second-order valence-electron chi connectivity index (χ2n) is 8.68. The number of carbonyl (C=O) groups is 1. The first-order valence-electron chi connectivity index (χ1n) is 11.6. The van der Waals surface area contributed by atoms with E-state index < -0.39 is 5.82 Å². The van der Waals surface area contributed by atoms with Gasteiger partial charge in [0.2, 0.25) is 0 Å². The fraction of sp³-hybridized carbons (Fsp3) is 0.276. The number of methoxy groups -OCH3 is 1. The van der Waals surface area contributed by atoms with Gasteiger partial charge < -0.3 is 9.47 Å². The Kier molecular flexibility index (Phi) is 8.62. The summed E-state index contributed by atoms with van der Waals surface area (Å²) >= 11 is 0. The van der Waals surface area contributed by atoms with Gasteiger partial charge in [0, 0.05) is 18.0 Å². The van der Waals surface area contributed by atoms with Crippen LogP contribution < -0.4 is 15.3 Å². The van der Waals surface area contributed by atoms with E-state index in [2.05, 4.69) is 60.7 Å². The van der Waals surface area contributed by atoms with Crippen LogP contribution in [0.4, 0.5) is 4.39 Å². The Morgan fingerprint density at radius 1 is 0.971 bits per heavy atom. The first kappa shape index (κ1) is 24.3. The second kappa shape index (κ2) is 12.1. The van der Waals surface area contributed by atoms with Crippen molar-refractivity contribution in [1.82, 2.24) is 0 Å². The summed E-state index contributed by atoms with van der Waals surface area (Å²) in [4.78, 5) is 11.6. The molecule has 2 aliphatic carbocycles. The number of aldehydes is 1. The molecule has 0 saturated heterocycles. The first-order valence-corrected chi connectivity index (χ1v) is 12.6. The molecule has 2 aromatic carbocycles. The van der Waals surface area contributed by atoms with Crippen LogP contribution in [-0.4, -0.2) is 20.2 Å². The van der Waals surface area contributed by atoms with Gasteiger partial charge in [-0.15, -0.1) is 0 Å². The maximum Gasteiger partial charge on any atom is 0.188 e. The highest BCUT2D eigenvalue weighted by Gasteiger charge is 2.19. The molecule has 3 atom stereocenters. The second-order valence-corrected chi connectivity index (χ2v) is 10.0. The van der Waals surface area contributed by atoms with Crippen molar-refractivity contribution in [2.75, 3.05) is 13.9 Å². The number of benzene rings is 2. The van der Waals surface area contributed by atoms with Crippen molar-refractivity contribution in [3.8, 4) is 5.75 Å². The first-order chi connectivity index (χ1) is 16.7. The van der Waals surface area contributed by atoms with Crippen molar-refractivity contribution in [3.05, 3.63) is 101 Å². The van der Waals surface area contributed by atoms with E-state index in [4.69, 9.17) is 9.47 Å². The summed E-state index contributed by atoms with van der Waals surface area (Å²) < 4.78 is 25.1. The van der Waals surface area contributed by atoms with Crippen LogP contribution in [0.1, 0.15) is 34.3 Å². The van der Waals surface area contributed by atoms with E-state index >= 15 is 0 Å². The standard InChI is InChI=1S/C29H30FO3P/c1-32-20-33-29-24(15-22-10-6-3-7-11-22)16-23(14-21-8-4-2-5-9-21)17-28(29)34-27-13-12-26(30)18-25(27)19-31/h2-8,10,12-13,16-19,21-22,34H,9,11,14-15,20H2,1H3. The molecule has 5 heteroatoms. The average molecular weight is 477 g/mol. The molecule has 0 radical (unpaired) electrons. The van der Waals surface area contributed by atoms with Gasteiger partial charge in [-0.3, -0.25) is 4.79 Å². The minimum atomic E-state index is -0.407. The highest BCUT2D eigenvalue weighted by atomic mass is 31.1. The van der Waals surface area contributed by atoms with Crippen molar-refractivity contribution in [3.63, 3.8) is 0 Å². The fourth-order valence-electron chi connectivity index (χ4n) is 4.45. The third-order valence-electron chi connectivity index (χ3n) is 6.08. The van der Waals surface area contributed by atoms with Gasteiger partial charge >= 0.3 is 0 Å². The lowest BCUT2D eigenvalue weighted by molar-refractivity contribution is 0.0511. The van der Waals surface area contributed by atoms with Crippen molar-refractivity contribution in [1.29, 1.82) is 0 Å². The molecule has 0 amide bonds. The number of ether oxygens (including phenoxy) is 2. The molecule has 0 fully saturated rings. The van der Waals surface area contributed by atoms with Gasteiger partial charge in [0.05, 0.1) is 0 Å². The average Bonchev–Trinajstić information content (AvgIpc) is 2.86. The molecular weight excluding hydrogens is 446 g/mol. The molecule has 0 N–H and O–H groups in total. The van der Waals surface area contributed by atoms with Crippen LogP contribution in [0.3, 0.4) is 0 Å². The lowest BCUT2D eigenvalue weighted by Gasteiger charge is -2.22. The summed E-state index contributed by atoms with van der Waals surface area (Å²) in [5.41, 5.74) is 2.77. The molecular formula is C29H30FO3P. The van der Waals surface area contributed by atoms with E-state index in [1.54, 1.807) is 13.2 Å². The van der Waals surface area contributed by atoms with Crippen LogP contribution in [0.5, 0.6) is 5.75 Å². The lowest BCUT2D eigenvalue weighted by atomic mass is 9.89. The normalized spacial score (nSPS) is 19.2. The molecule has 34 heavy (non-hydrogen) atoms. The molecule has 0 heterocycles.